The summed E-state index contributed by atoms with van der Waals surface area (Å²) in [6, 6.07) is 11.2. The molecule has 1 atom stereocenters. The van der Waals surface area contributed by atoms with E-state index in [1.54, 1.807) is 24.3 Å². The van der Waals surface area contributed by atoms with Crippen molar-refractivity contribution in [3.63, 3.8) is 0 Å². The zero-order valence-electron chi connectivity index (χ0n) is 11.2. The maximum atomic E-state index is 13.0. The summed E-state index contributed by atoms with van der Waals surface area (Å²) in [5.74, 6) is 0.639. The molecule has 0 spiro atoms. The number of hydrogen-bond acceptors (Lipinski definition) is 3. The van der Waals surface area contributed by atoms with E-state index in [9.17, 15) is 8.60 Å². The van der Waals surface area contributed by atoms with Gasteiger partial charge in [-0.15, -0.1) is 0 Å². The fourth-order valence-corrected chi connectivity index (χ4v) is 3.01. The van der Waals surface area contributed by atoms with Gasteiger partial charge in [-0.3, -0.25) is 4.21 Å². The van der Waals surface area contributed by atoms with Crippen LogP contribution in [0.15, 0.2) is 47.4 Å². The van der Waals surface area contributed by atoms with Crippen LogP contribution >= 0.6 is 11.6 Å². The van der Waals surface area contributed by atoms with Crippen LogP contribution in [0.1, 0.15) is 6.42 Å². The number of ether oxygens (including phenoxy) is 1. The summed E-state index contributed by atoms with van der Waals surface area (Å²) < 4.78 is 30.6. The van der Waals surface area contributed by atoms with Gasteiger partial charge in [0.05, 0.1) is 22.4 Å². The second-order valence-electron chi connectivity index (χ2n) is 4.40. The Hall–Kier alpha value is -1.59. The molecule has 0 amide bonds. The highest BCUT2D eigenvalue weighted by Crippen LogP contribution is 2.19. The van der Waals surface area contributed by atoms with E-state index in [0.29, 0.717) is 29.4 Å². The standard InChI is InChI=1S/C15H15ClFNO2S/c16-14-10-13(6-7-15(14)17)21(19)9-1-8-20-12-4-2-11(18)3-5-12/h2-7,10H,1,8-9,18H2. The Bertz CT molecular complexity index is 634. The second-order valence-corrected chi connectivity index (χ2v) is 6.37. The normalized spacial score (nSPS) is 12.1. The zero-order chi connectivity index (χ0) is 15.2. The van der Waals surface area contributed by atoms with Gasteiger partial charge in [0.2, 0.25) is 0 Å². The molecule has 0 radical (unpaired) electrons. The van der Waals surface area contributed by atoms with Crippen LogP contribution in [0.5, 0.6) is 5.75 Å². The topological polar surface area (TPSA) is 52.3 Å². The van der Waals surface area contributed by atoms with E-state index in [-0.39, 0.29) is 5.02 Å². The Labute approximate surface area is 130 Å². The predicted molar refractivity (Wildman–Crippen MR) is 83.7 cm³/mol. The highest BCUT2D eigenvalue weighted by atomic mass is 35.5. The molecular weight excluding hydrogens is 313 g/mol. The van der Waals surface area contributed by atoms with Gasteiger partial charge >= 0.3 is 0 Å². The Morgan fingerprint density at radius 1 is 1.19 bits per heavy atom. The van der Waals surface area contributed by atoms with Crippen LogP contribution in [0, 0.1) is 5.82 Å². The molecule has 3 nitrogen and oxygen atoms in total. The Morgan fingerprint density at radius 2 is 1.90 bits per heavy atom. The van der Waals surface area contributed by atoms with Gasteiger partial charge in [0, 0.05) is 16.3 Å². The molecule has 1 unspecified atom stereocenters. The van der Waals surface area contributed by atoms with E-state index in [2.05, 4.69) is 0 Å². The van der Waals surface area contributed by atoms with Crippen LogP contribution in [0.25, 0.3) is 0 Å². The first kappa shape index (κ1) is 15.8. The number of benzene rings is 2. The van der Waals surface area contributed by atoms with Gasteiger partial charge in [-0.1, -0.05) is 11.6 Å². The van der Waals surface area contributed by atoms with Gasteiger partial charge < -0.3 is 10.5 Å². The van der Waals surface area contributed by atoms with Crippen LogP contribution in [-0.2, 0) is 10.8 Å². The molecular formula is C15H15ClFNO2S. The van der Waals surface area contributed by atoms with E-state index >= 15 is 0 Å². The third-order valence-electron chi connectivity index (χ3n) is 2.78. The van der Waals surface area contributed by atoms with Gasteiger partial charge in [-0.25, -0.2) is 4.39 Å². The van der Waals surface area contributed by atoms with Crippen molar-refractivity contribution in [1.82, 2.24) is 0 Å². The molecule has 112 valence electrons. The quantitative estimate of drug-likeness (QED) is 0.651. The van der Waals surface area contributed by atoms with Crippen LogP contribution in [0.2, 0.25) is 5.02 Å². The van der Waals surface area contributed by atoms with Crippen molar-refractivity contribution in [2.45, 2.75) is 11.3 Å². The SMILES string of the molecule is Nc1ccc(OCCCS(=O)c2ccc(F)c(Cl)c2)cc1. The smallest absolute Gasteiger partial charge is 0.141 e. The lowest BCUT2D eigenvalue weighted by atomic mass is 10.3. The Balaban J connectivity index is 1.79. The fourth-order valence-electron chi connectivity index (χ4n) is 1.68. The average Bonchev–Trinajstić information content (AvgIpc) is 2.48. The second kappa shape index (κ2) is 7.43. The summed E-state index contributed by atoms with van der Waals surface area (Å²) >= 11 is 5.67. The summed E-state index contributed by atoms with van der Waals surface area (Å²) in [5, 5.41) is -0.0148. The summed E-state index contributed by atoms with van der Waals surface area (Å²) in [5.41, 5.74) is 6.25. The molecule has 0 bridgehead atoms. The molecule has 0 fully saturated rings. The maximum absolute atomic E-state index is 13.0. The van der Waals surface area contributed by atoms with Gasteiger partial charge in [-0.05, 0) is 48.9 Å². The van der Waals surface area contributed by atoms with Crippen molar-refractivity contribution in [3.8, 4) is 5.75 Å². The third kappa shape index (κ3) is 4.72. The van der Waals surface area contributed by atoms with E-state index in [0.717, 1.165) is 5.75 Å². The van der Waals surface area contributed by atoms with Crippen molar-refractivity contribution in [1.29, 1.82) is 0 Å². The van der Waals surface area contributed by atoms with Crippen LogP contribution < -0.4 is 10.5 Å². The Morgan fingerprint density at radius 3 is 2.57 bits per heavy atom. The highest BCUT2D eigenvalue weighted by molar-refractivity contribution is 7.85. The molecule has 0 aromatic heterocycles. The number of rotatable bonds is 6. The molecule has 2 rings (SSSR count). The molecule has 0 aliphatic rings. The van der Waals surface area contributed by atoms with E-state index in [1.807, 2.05) is 0 Å². The van der Waals surface area contributed by atoms with Crippen LogP contribution in [0.3, 0.4) is 0 Å². The van der Waals surface area contributed by atoms with E-state index < -0.39 is 16.6 Å². The summed E-state index contributed by atoms with van der Waals surface area (Å²) in [7, 11) is -1.21. The lowest BCUT2D eigenvalue weighted by molar-refractivity contribution is 0.318. The van der Waals surface area contributed by atoms with E-state index in [4.69, 9.17) is 22.1 Å². The molecule has 0 saturated heterocycles. The molecule has 21 heavy (non-hydrogen) atoms. The summed E-state index contributed by atoms with van der Waals surface area (Å²) in [6.07, 6.45) is 0.617. The number of halogens is 2. The zero-order valence-corrected chi connectivity index (χ0v) is 12.8. The molecule has 0 aliphatic heterocycles. The lowest BCUT2D eigenvalue weighted by Crippen LogP contribution is -2.05. The van der Waals surface area contributed by atoms with Crippen molar-refractivity contribution in [2.24, 2.45) is 0 Å². The fraction of sp³-hybridized carbons (Fsp3) is 0.200. The first-order chi connectivity index (χ1) is 10.1. The van der Waals surface area contributed by atoms with Crippen molar-refractivity contribution < 1.29 is 13.3 Å². The minimum atomic E-state index is -1.21. The monoisotopic (exact) mass is 327 g/mol. The molecule has 2 aromatic carbocycles. The highest BCUT2D eigenvalue weighted by Gasteiger charge is 2.07. The van der Waals surface area contributed by atoms with Crippen LogP contribution in [0.4, 0.5) is 10.1 Å². The molecule has 0 saturated carbocycles. The number of nitrogens with two attached hydrogens (primary N) is 1. The van der Waals surface area contributed by atoms with Gasteiger partial charge in [0.1, 0.15) is 11.6 Å². The van der Waals surface area contributed by atoms with Crippen LogP contribution in [-0.4, -0.2) is 16.6 Å². The van der Waals surface area contributed by atoms with Crippen molar-refractivity contribution in [3.05, 3.63) is 53.3 Å². The summed E-state index contributed by atoms with van der Waals surface area (Å²) in [6.45, 7) is 0.449. The lowest BCUT2D eigenvalue weighted by Gasteiger charge is -2.07. The minimum Gasteiger partial charge on any atom is -0.494 e. The predicted octanol–water partition coefficient (Wildman–Crippen LogP) is 3.64. The summed E-state index contributed by atoms with van der Waals surface area (Å²) in [4.78, 5) is 0.522. The molecule has 6 heteroatoms. The van der Waals surface area contributed by atoms with Crippen molar-refractivity contribution in [2.75, 3.05) is 18.1 Å². The largest absolute Gasteiger partial charge is 0.494 e. The number of nitrogen functional groups attached to an aromatic ring is 1. The molecule has 0 heterocycles. The first-order valence-corrected chi connectivity index (χ1v) is 8.08. The maximum Gasteiger partial charge on any atom is 0.141 e. The molecule has 0 aliphatic carbocycles. The number of hydrogen-bond donors (Lipinski definition) is 1. The average molecular weight is 328 g/mol. The first-order valence-electron chi connectivity index (χ1n) is 6.38. The van der Waals surface area contributed by atoms with E-state index in [1.165, 1.54) is 18.2 Å². The number of anilines is 1. The third-order valence-corrected chi connectivity index (χ3v) is 4.51. The van der Waals surface area contributed by atoms with Gasteiger partial charge in [0.25, 0.3) is 0 Å². The van der Waals surface area contributed by atoms with Crippen molar-refractivity contribution >= 4 is 28.1 Å². The van der Waals surface area contributed by atoms with Gasteiger partial charge in [0.15, 0.2) is 0 Å². The Kier molecular flexibility index (Phi) is 5.59. The molecule has 2 aromatic rings. The van der Waals surface area contributed by atoms with Gasteiger partial charge in [-0.2, -0.15) is 0 Å². The molecule has 2 N–H and O–H groups in total. The minimum absolute atomic E-state index is 0.0148.